The normalized spacial score (nSPS) is 13.2. The zero-order chi connectivity index (χ0) is 11.4. The van der Waals surface area contributed by atoms with E-state index in [0.717, 1.165) is 0 Å². The van der Waals surface area contributed by atoms with E-state index in [0.29, 0.717) is 0 Å². The third-order valence-corrected chi connectivity index (χ3v) is 1.24. The Balaban J connectivity index is 3.89. The molecule has 0 fully saturated rings. The fourth-order valence-electron chi connectivity index (χ4n) is 0.943. The molecule has 0 bridgehead atoms. The molecule has 82 valence electrons. The molecule has 0 aromatic heterocycles. The Morgan fingerprint density at radius 1 is 1.29 bits per heavy atom. The highest BCUT2D eigenvalue weighted by atomic mass is 16.6. The largest absolute Gasteiger partial charge is 0.462 e. The summed E-state index contributed by atoms with van der Waals surface area (Å²) in [4.78, 5) is 21.8. The van der Waals surface area contributed by atoms with Crippen molar-refractivity contribution >= 4 is 11.9 Å². The first-order chi connectivity index (χ1) is 6.20. The smallest absolute Gasteiger partial charge is 0.310 e. The Labute approximate surface area is 84.6 Å². The third kappa shape index (κ3) is 7.58. The van der Waals surface area contributed by atoms with E-state index in [4.69, 9.17) is 9.47 Å². The molecule has 0 aliphatic rings. The SMILES string of the molecule is CC(=O)OC(C)CC(=O)OC(C)(C)C. The number of carbonyl (C=O) groups excluding carboxylic acids is 2. The van der Waals surface area contributed by atoms with E-state index in [1.807, 2.05) is 0 Å². The molecule has 0 spiro atoms. The van der Waals surface area contributed by atoms with Crippen molar-refractivity contribution in [1.82, 2.24) is 0 Å². The van der Waals surface area contributed by atoms with E-state index in [1.54, 1.807) is 27.7 Å². The lowest BCUT2D eigenvalue weighted by atomic mass is 10.2. The summed E-state index contributed by atoms with van der Waals surface area (Å²) in [5, 5.41) is 0. The lowest BCUT2D eigenvalue weighted by Crippen LogP contribution is -2.27. The van der Waals surface area contributed by atoms with E-state index in [1.165, 1.54) is 6.92 Å². The zero-order valence-corrected chi connectivity index (χ0v) is 9.42. The van der Waals surface area contributed by atoms with Crippen molar-refractivity contribution in [3.8, 4) is 0 Å². The predicted octanol–water partition coefficient (Wildman–Crippen LogP) is 1.67. The Hall–Kier alpha value is -1.06. The van der Waals surface area contributed by atoms with E-state index >= 15 is 0 Å². The molecule has 0 aliphatic heterocycles. The second-order valence-corrected chi connectivity index (χ2v) is 4.21. The summed E-state index contributed by atoms with van der Waals surface area (Å²) in [5.41, 5.74) is -0.493. The first-order valence-corrected chi connectivity index (χ1v) is 4.60. The maximum Gasteiger partial charge on any atom is 0.310 e. The lowest BCUT2D eigenvalue weighted by Gasteiger charge is -2.20. The van der Waals surface area contributed by atoms with Crippen molar-refractivity contribution in [2.24, 2.45) is 0 Å². The summed E-state index contributed by atoms with van der Waals surface area (Å²) in [6, 6.07) is 0. The maximum atomic E-state index is 11.2. The first kappa shape index (κ1) is 12.9. The molecule has 0 aromatic rings. The molecule has 4 nitrogen and oxygen atoms in total. The number of hydrogen-bond donors (Lipinski definition) is 0. The molecule has 4 heteroatoms. The highest BCUT2D eigenvalue weighted by molar-refractivity contribution is 5.71. The van der Waals surface area contributed by atoms with E-state index < -0.39 is 11.7 Å². The molecule has 0 aromatic carbocycles. The van der Waals surface area contributed by atoms with Crippen LogP contribution in [0.15, 0.2) is 0 Å². The standard InChI is InChI=1S/C10H18O4/c1-7(13-8(2)11)6-9(12)14-10(3,4)5/h7H,6H2,1-5H3. The monoisotopic (exact) mass is 202 g/mol. The zero-order valence-electron chi connectivity index (χ0n) is 9.42. The molecule has 0 saturated carbocycles. The summed E-state index contributed by atoms with van der Waals surface area (Å²) in [5.74, 6) is -0.743. The van der Waals surface area contributed by atoms with Crippen LogP contribution in [0.4, 0.5) is 0 Å². The average Bonchev–Trinajstić information content (AvgIpc) is 1.77. The average molecular weight is 202 g/mol. The predicted molar refractivity (Wildman–Crippen MR) is 51.7 cm³/mol. The molecule has 1 atom stereocenters. The minimum atomic E-state index is -0.493. The van der Waals surface area contributed by atoms with Gasteiger partial charge in [-0.3, -0.25) is 9.59 Å². The second kappa shape index (κ2) is 4.98. The second-order valence-electron chi connectivity index (χ2n) is 4.21. The van der Waals surface area contributed by atoms with Gasteiger partial charge in [-0.1, -0.05) is 0 Å². The molecule has 14 heavy (non-hydrogen) atoms. The molecule has 0 radical (unpaired) electrons. The summed E-state index contributed by atoms with van der Waals surface area (Å²) < 4.78 is 9.86. The quantitative estimate of drug-likeness (QED) is 0.653. The van der Waals surface area contributed by atoms with E-state index in [2.05, 4.69) is 0 Å². The Morgan fingerprint density at radius 2 is 1.79 bits per heavy atom. The Bertz CT molecular complexity index is 215. The molecule has 0 amide bonds. The van der Waals surface area contributed by atoms with Crippen LogP contribution in [-0.4, -0.2) is 23.6 Å². The summed E-state index contributed by atoms with van der Waals surface area (Å²) >= 11 is 0. The van der Waals surface area contributed by atoms with E-state index in [-0.39, 0.29) is 18.4 Å². The van der Waals surface area contributed by atoms with Crippen LogP contribution in [0, 0.1) is 0 Å². The molecule has 0 aliphatic carbocycles. The van der Waals surface area contributed by atoms with Crippen molar-refractivity contribution in [2.75, 3.05) is 0 Å². The van der Waals surface area contributed by atoms with Crippen LogP contribution in [0.5, 0.6) is 0 Å². The fraction of sp³-hybridized carbons (Fsp3) is 0.800. The van der Waals surface area contributed by atoms with E-state index in [9.17, 15) is 9.59 Å². The van der Waals surface area contributed by atoms with Crippen molar-refractivity contribution in [2.45, 2.75) is 52.7 Å². The van der Waals surface area contributed by atoms with Crippen molar-refractivity contribution in [1.29, 1.82) is 0 Å². The third-order valence-electron chi connectivity index (χ3n) is 1.24. The van der Waals surface area contributed by atoms with Crippen LogP contribution in [0.1, 0.15) is 41.0 Å². The molecule has 1 unspecified atom stereocenters. The minimum Gasteiger partial charge on any atom is -0.462 e. The van der Waals surface area contributed by atoms with Crippen LogP contribution in [-0.2, 0) is 19.1 Å². The van der Waals surface area contributed by atoms with Gasteiger partial charge in [-0.25, -0.2) is 0 Å². The van der Waals surface area contributed by atoms with Crippen LogP contribution < -0.4 is 0 Å². The minimum absolute atomic E-state index is 0.0941. The Kier molecular flexibility index (Phi) is 4.60. The summed E-state index contributed by atoms with van der Waals surface area (Å²) in [6.45, 7) is 8.35. The number of esters is 2. The first-order valence-electron chi connectivity index (χ1n) is 4.60. The van der Waals surface area contributed by atoms with Crippen LogP contribution in [0.25, 0.3) is 0 Å². The van der Waals surface area contributed by atoms with Gasteiger partial charge >= 0.3 is 11.9 Å². The molecule has 0 rings (SSSR count). The molecule has 0 N–H and O–H groups in total. The van der Waals surface area contributed by atoms with Crippen molar-refractivity contribution in [3.05, 3.63) is 0 Å². The van der Waals surface area contributed by atoms with Crippen LogP contribution in [0.2, 0.25) is 0 Å². The van der Waals surface area contributed by atoms with Crippen molar-refractivity contribution < 1.29 is 19.1 Å². The maximum absolute atomic E-state index is 11.2. The van der Waals surface area contributed by atoms with Gasteiger partial charge in [0.1, 0.15) is 11.7 Å². The van der Waals surface area contributed by atoms with Gasteiger partial charge in [0, 0.05) is 6.92 Å². The number of carbonyl (C=O) groups is 2. The fourth-order valence-corrected chi connectivity index (χ4v) is 0.943. The van der Waals surface area contributed by atoms with Crippen LogP contribution >= 0.6 is 0 Å². The van der Waals surface area contributed by atoms with Gasteiger partial charge in [0.25, 0.3) is 0 Å². The lowest BCUT2D eigenvalue weighted by molar-refractivity contribution is -0.160. The number of hydrogen-bond acceptors (Lipinski definition) is 4. The van der Waals surface area contributed by atoms with Gasteiger partial charge in [0.15, 0.2) is 0 Å². The van der Waals surface area contributed by atoms with Gasteiger partial charge in [-0.15, -0.1) is 0 Å². The van der Waals surface area contributed by atoms with Gasteiger partial charge < -0.3 is 9.47 Å². The van der Waals surface area contributed by atoms with Gasteiger partial charge in [-0.05, 0) is 27.7 Å². The summed E-state index contributed by atoms with van der Waals surface area (Å²) in [6.07, 6.45) is -0.334. The highest BCUT2D eigenvalue weighted by Crippen LogP contribution is 2.10. The summed E-state index contributed by atoms with van der Waals surface area (Å²) in [7, 11) is 0. The Morgan fingerprint density at radius 3 is 2.14 bits per heavy atom. The molecular formula is C10H18O4. The molecule has 0 heterocycles. The molecule has 0 saturated heterocycles. The van der Waals surface area contributed by atoms with Gasteiger partial charge in [-0.2, -0.15) is 0 Å². The highest BCUT2D eigenvalue weighted by Gasteiger charge is 2.19. The van der Waals surface area contributed by atoms with Crippen LogP contribution in [0.3, 0.4) is 0 Å². The van der Waals surface area contributed by atoms with Gasteiger partial charge in [0.05, 0.1) is 6.42 Å². The number of rotatable bonds is 3. The number of ether oxygens (including phenoxy) is 2. The van der Waals surface area contributed by atoms with Gasteiger partial charge in [0.2, 0.25) is 0 Å². The molecular weight excluding hydrogens is 184 g/mol. The van der Waals surface area contributed by atoms with Crippen molar-refractivity contribution in [3.63, 3.8) is 0 Å². The topological polar surface area (TPSA) is 52.6 Å².